The maximum absolute atomic E-state index is 14.3. The lowest BCUT2D eigenvalue weighted by Crippen LogP contribution is -2.71. The van der Waals surface area contributed by atoms with Gasteiger partial charge in [0.05, 0.1) is 35.8 Å². The molecule has 2 aliphatic rings. The van der Waals surface area contributed by atoms with Crippen molar-refractivity contribution in [3.63, 3.8) is 0 Å². The quantitative estimate of drug-likeness (QED) is 0.345. The highest BCUT2D eigenvalue weighted by atomic mass is 32.2. The van der Waals surface area contributed by atoms with Crippen molar-refractivity contribution >= 4 is 24.1 Å². The lowest BCUT2D eigenvalue weighted by Gasteiger charge is -2.55. The van der Waals surface area contributed by atoms with Gasteiger partial charge in [0, 0.05) is 0 Å². The maximum atomic E-state index is 14.3. The van der Waals surface area contributed by atoms with Gasteiger partial charge in [-0.15, -0.1) is 6.42 Å². The molecule has 8 nitrogen and oxygen atoms in total. The Kier molecular flexibility index (Phi) is 7.84. The van der Waals surface area contributed by atoms with E-state index in [1.165, 1.54) is 10.6 Å². The molecule has 0 unspecified atom stereocenters. The number of nitrogens with zero attached hydrogens (tertiary/aromatic N) is 1. The first-order valence-electron chi connectivity index (χ1n) is 13.1. The number of carbonyl (C=O) groups is 1. The number of fused-ring (bicyclic) bond motifs is 2. The Morgan fingerprint density at radius 1 is 1.10 bits per heavy atom. The Balaban J connectivity index is 1.97. The minimum absolute atomic E-state index is 0.0943. The Hall–Kier alpha value is -2.26. The van der Waals surface area contributed by atoms with Crippen LogP contribution in [0.5, 0.6) is 0 Å². The van der Waals surface area contributed by atoms with Crippen LogP contribution in [0, 0.1) is 19.3 Å². The van der Waals surface area contributed by atoms with Gasteiger partial charge in [-0.1, -0.05) is 44.4 Å². The number of aryl methyl sites for hydroxylation is 1. The van der Waals surface area contributed by atoms with Gasteiger partial charge >= 0.3 is 0 Å². The summed E-state index contributed by atoms with van der Waals surface area (Å²) in [5, 5.41) is -0.231. The fourth-order valence-corrected chi connectivity index (χ4v) is 7.90. The van der Waals surface area contributed by atoms with Gasteiger partial charge < -0.3 is 18.3 Å². The van der Waals surface area contributed by atoms with Gasteiger partial charge in [-0.05, 0) is 63.2 Å². The molecule has 1 aromatic carbocycles. The summed E-state index contributed by atoms with van der Waals surface area (Å²) >= 11 is 0. The number of terminal acetylenes is 1. The van der Waals surface area contributed by atoms with Crippen LogP contribution >= 0.6 is 0 Å². The van der Waals surface area contributed by atoms with Crippen LogP contribution in [0.15, 0.2) is 52.0 Å². The molecule has 1 saturated carbocycles. The van der Waals surface area contributed by atoms with E-state index >= 15 is 0 Å². The summed E-state index contributed by atoms with van der Waals surface area (Å²) in [6, 6.07) is 9.08. The second-order valence-electron chi connectivity index (χ2n) is 12.3. The zero-order chi connectivity index (χ0) is 29.0. The molecule has 2 bridgehead atoms. The Labute approximate surface area is 233 Å². The molecule has 1 aliphatic heterocycles. The van der Waals surface area contributed by atoms with Crippen molar-refractivity contribution in [3.05, 3.63) is 54.0 Å². The summed E-state index contributed by atoms with van der Waals surface area (Å²) < 4.78 is 55.0. The van der Waals surface area contributed by atoms with Gasteiger partial charge in [-0.2, -0.15) is 4.31 Å². The second-order valence-corrected chi connectivity index (χ2v) is 19.0. The first kappa shape index (κ1) is 29.7. The number of furan rings is 1. The van der Waals surface area contributed by atoms with Crippen LogP contribution in [0.25, 0.3) is 0 Å². The first-order valence-corrected chi connectivity index (χ1v) is 17.5. The summed E-state index contributed by atoms with van der Waals surface area (Å²) in [6.45, 7) is 15.5. The molecule has 39 heavy (non-hydrogen) atoms. The molecule has 0 spiro atoms. The number of hydrogen-bond donors (Lipinski definition) is 0. The minimum atomic E-state index is -4.14. The summed E-state index contributed by atoms with van der Waals surface area (Å²) in [6.07, 6.45) is 4.24. The molecule has 2 aromatic rings. The third-order valence-electron chi connectivity index (χ3n) is 8.03. The molecule has 1 aromatic heterocycles. The highest BCUT2D eigenvalue weighted by Gasteiger charge is 2.63. The Morgan fingerprint density at radius 3 is 2.26 bits per heavy atom. The first-order chi connectivity index (χ1) is 18.0. The van der Waals surface area contributed by atoms with Crippen LogP contribution in [-0.4, -0.2) is 63.5 Å². The van der Waals surface area contributed by atoms with E-state index in [0.717, 1.165) is 5.56 Å². The van der Waals surface area contributed by atoms with Gasteiger partial charge in [0.25, 0.3) is 0 Å². The fraction of sp³-hybridized carbons (Fsp3) is 0.552. The van der Waals surface area contributed by atoms with E-state index in [4.69, 9.17) is 24.7 Å². The third kappa shape index (κ3) is 5.53. The number of hydrogen-bond acceptors (Lipinski definition) is 7. The van der Waals surface area contributed by atoms with Gasteiger partial charge in [0.1, 0.15) is 18.0 Å². The number of rotatable bonds is 7. The van der Waals surface area contributed by atoms with Crippen molar-refractivity contribution in [3.8, 4) is 12.3 Å². The molecule has 0 radical (unpaired) electrons. The summed E-state index contributed by atoms with van der Waals surface area (Å²) in [4.78, 5) is 14.0. The van der Waals surface area contributed by atoms with E-state index in [1.807, 2.05) is 6.92 Å². The van der Waals surface area contributed by atoms with E-state index in [1.54, 1.807) is 50.2 Å². The number of ether oxygens (including phenoxy) is 2. The van der Waals surface area contributed by atoms with Crippen molar-refractivity contribution in [1.29, 1.82) is 0 Å². The standard InChI is InChI=1S/C29H39NO7SSi/c1-10-17-30(38(32,33)20-15-13-19(2)14-16-20)23-22(21-12-11-18-34-21)25-24(31)27(36-29(6,7)35-25)26(23)37-39(8,9)28(3,4)5/h1,11-16,18,22-23,25-27H,17H2,2-9H3/t22-,23-,25-,26+,27-/m1/s1. The van der Waals surface area contributed by atoms with Crippen molar-refractivity contribution in [2.24, 2.45) is 0 Å². The largest absolute Gasteiger partial charge is 0.469 e. The summed E-state index contributed by atoms with van der Waals surface area (Å²) in [7, 11) is -6.71. The van der Waals surface area contributed by atoms with Gasteiger partial charge in [0.15, 0.2) is 19.9 Å². The van der Waals surface area contributed by atoms with Crippen LogP contribution < -0.4 is 0 Å². The van der Waals surface area contributed by atoms with E-state index in [9.17, 15) is 13.2 Å². The van der Waals surface area contributed by atoms with Crippen molar-refractivity contribution in [1.82, 2.24) is 4.31 Å². The predicted molar refractivity (Wildman–Crippen MR) is 150 cm³/mol. The van der Waals surface area contributed by atoms with Crippen molar-refractivity contribution < 1.29 is 31.5 Å². The molecule has 1 aliphatic carbocycles. The third-order valence-corrected chi connectivity index (χ3v) is 14.4. The zero-order valence-electron chi connectivity index (χ0n) is 23.9. The van der Waals surface area contributed by atoms with Gasteiger partial charge in [0.2, 0.25) is 10.0 Å². The summed E-state index contributed by atoms with van der Waals surface area (Å²) in [5.41, 5.74) is 0.923. The number of ketones is 1. The van der Waals surface area contributed by atoms with E-state index < -0.39 is 54.4 Å². The topological polar surface area (TPSA) is 95.3 Å². The molecule has 212 valence electrons. The zero-order valence-corrected chi connectivity index (χ0v) is 25.7. The van der Waals surface area contributed by atoms with E-state index in [0.29, 0.717) is 5.76 Å². The fourth-order valence-electron chi connectivity index (χ4n) is 5.04. The molecule has 0 amide bonds. The molecular formula is C29H39NO7SSi. The number of Topliss-reactive ketones (excluding diaryl/α,β-unsaturated/α-hetero) is 1. The van der Waals surface area contributed by atoms with Crippen LogP contribution in [0.3, 0.4) is 0 Å². The lowest BCUT2D eigenvalue weighted by molar-refractivity contribution is -0.310. The number of benzene rings is 1. The summed E-state index contributed by atoms with van der Waals surface area (Å²) in [5.74, 6) is 0.711. The molecule has 4 rings (SSSR count). The van der Waals surface area contributed by atoms with E-state index in [2.05, 4.69) is 39.8 Å². The van der Waals surface area contributed by atoms with Crippen LogP contribution in [-0.2, 0) is 28.7 Å². The van der Waals surface area contributed by atoms with Crippen molar-refractivity contribution in [2.75, 3.05) is 6.54 Å². The van der Waals surface area contributed by atoms with Gasteiger partial charge in [-0.3, -0.25) is 4.79 Å². The molecule has 1 saturated heterocycles. The number of carbonyl (C=O) groups excluding carboxylic acids is 1. The molecule has 0 N–H and O–H groups in total. The highest BCUT2D eigenvalue weighted by molar-refractivity contribution is 7.89. The van der Waals surface area contributed by atoms with Gasteiger partial charge in [-0.25, -0.2) is 8.42 Å². The molecule has 2 heterocycles. The minimum Gasteiger partial charge on any atom is -0.469 e. The number of sulfonamides is 1. The highest BCUT2D eigenvalue weighted by Crippen LogP contribution is 2.48. The van der Waals surface area contributed by atoms with Crippen LogP contribution in [0.2, 0.25) is 18.1 Å². The SMILES string of the molecule is C#CCN([C@H]1[C@H](O[Si](C)(C)C(C)(C)C)[C@@H]2OC(C)(C)O[C@@H](C2=O)[C@@H]1c1ccco1)S(=O)(=O)c1ccc(C)cc1. The Bertz CT molecular complexity index is 1340. The monoisotopic (exact) mass is 573 g/mol. The smallest absolute Gasteiger partial charge is 0.244 e. The average molecular weight is 574 g/mol. The average Bonchev–Trinajstić information content (AvgIpc) is 3.34. The molecular weight excluding hydrogens is 534 g/mol. The van der Waals surface area contributed by atoms with E-state index in [-0.39, 0.29) is 22.3 Å². The second kappa shape index (κ2) is 10.3. The molecule has 5 atom stereocenters. The van der Waals surface area contributed by atoms with Crippen LogP contribution in [0.1, 0.15) is 51.9 Å². The molecule has 10 heteroatoms. The predicted octanol–water partition coefficient (Wildman–Crippen LogP) is 4.86. The maximum Gasteiger partial charge on any atom is 0.244 e. The van der Waals surface area contributed by atoms with Crippen molar-refractivity contribution in [2.45, 2.75) is 101 Å². The van der Waals surface area contributed by atoms with Crippen LogP contribution in [0.4, 0.5) is 0 Å². The lowest BCUT2D eigenvalue weighted by atomic mass is 9.75. The molecule has 2 fully saturated rings. The normalized spacial score (nSPS) is 27.4. The Morgan fingerprint density at radius 2 is 1.72 bits per heavy atom.